The normalized spacial score (nSPS) is 17.0. The van der Waals surface area contributed by atoms with Crippen LogP contribution in [0.1, 0.15) is 60.0 Å². The summed E-state index contributed by atoms with van der Waals surface area (Å²) in [5.41, 5.74) is 2.55. The quantitative estimate of drug-likeness (QED) is 0.208. The second-order valence-electron chi connectivity index (χ2n) is 10.2. The number of carbonyl (C=O) groups is 5. The maximum Gasteiger partial charge on any atom is 0.431 e. The SMILES string of the molecule is CC(C)(C)OC(=O)NOCCOCCn1nncc1CCOc1cccc2c1C(=O)N(C1CCC(=O)NC1=O)C2=O. The minimum Gasteiger partial charge on any atom is -0.492 e. The molecule has 15 heteroatoms. The van der Waals surface area contributed by atoms with Crippen molar-refractivity contribution < 1.29 is 43.0 Å². The third-order valence-corrected chi connectivity index (χ3v) is 6.08. The number of imide groups is 2. The van der Waals surface area contributed by atoms with Gasteiger partial charge in [-0.25, -0.2) is 9.48 Å². The number of hydrogen-bond donors (Lipinski definition) is 2. The molecule has 2 aliphatic heterocycles. The number of ether oxygens (including phenoxy) is 3. The molecule has 4 rings (SSSR count). The van der Waals surface area contributed by atoms with Crippen LogP contribution in [0, 0.1) is 0 Å². The summed E-state index contributed by atoms with van der Waals surface area (Å²) in [5, 5.41) is 10.2. The fourth-order valence-corrected chi connectivity index (χ4v) is 4.29. The summed E-state index contributed by atoms with van der Waals surface area (Å²) in [6, 6.07) is 3.64. The van der Waals surface area contributed by atoms with Gasteiger partial charge in [-0.15, -0.1) is 5.10 Å². The fourth-order valence-electron chi connectivity index (χ4n) is 4.29. The third-order valence-electron chi connectivity index (χ3n) is 6.08. The lowest BCUT2D eigenvalue weighted by molar-refractivity contribution is -0.136. The fraction of sp³-hybridized carbons (Fsp3) is 0.500. The second kappa shape index (κ2) is 12.9. The Morgan fingerprint density at radius 2 is 1.90 bits per heavy atom. The van der Waals surface area contributed by atoms with Crippen molar-refractivity contribution in [2.75, 3.05) is 26.4 Å². The average Bonchev–Trinajstić information content (AvgIpc) is 3.45. The standard InChI is InChI=1S/C26H32N6O9/c1-26(2,3)41-25(37)29-40-14-13-38-12-10-31-16(15-27-30-31)9-11-39-19-6-4-5-17-21(19)24(36)32(23(17)35)18-7-8-20(33)28-22(18)34/h4-6,15,18H,7-14H2,1-3H3,(H,29,37)(H,28,33,34). The molecule has 3 heterocycles. The Bertz CT molecular complexity index is 1320. The highest BCUT2D eigenvalue weighted by Gasteiger charge is 2.46. The zero-order valence-electron chi connectivity index (χ0n) is 23.0. The molecule has 1 atom stereocenters. The molecule has 5 amide bonds. The third kappa shape index (κ3) is 7.43. The van der Waals surface area contributed by atoms with E-state index in [1.165, 1.54) is 6.07 Å². The van der Waals surface area contributed by atoms with Crippen LogP contribution in [-0.4, -0.2) is 87.7 Å². The zero-order valence-corrected chi connectivity index (χ0v) is 23.0. The van der Waals surface area contributed by atoms with Gasteiger partial charge in [-0.2, -0.15) is 5.48 Å². The van der Waals surface area contributed by atoms with Crippen LogP contribution in [0.15, 0.2) is 24.4 Å². The van der Waals surface area contributed by atoms with Gasteiger partial charge in [0.1, 0.15) is 17.4 Å². The van der Waals surface area contributed by atoms with E-state index in [1.54, 1.807) is 43.8 Å². The smallest absolute Gasteiger partial charge is 0.431 e. The van der Waals surface area contributed by atoms with Gasteiger partial charge in [-0.05, 0) is 39.3 Å². The molecule has 0 bridgehead atoms. The lowest BCUT2D eigenvalue weighted by Gasteiger charge is -2.27. The van der Waals surface area contributed by atoms with Gasteiger partial charge in [-0.1, -0.05) is 11.3 Å². The average molecular weight is 573 g/mol. The second-order valence-corrected chi connectivity index (χ2v) is 10.2. The van der Waals surface area contributed by atoms with Crippen LogP contribution in [-0.2, 0) is 36.9 Å². The summed E-state index contributed by atoms with van der Waals surface area (Å²) in [7, 11) is 0. The number of hydrogen-bond acceptors (Lipinski definition) is 11. The van der Waals surface area contributed by atoms with Crippen molar-refractivity contribution in [3.8, 4) is 5.75 Å². The number of hydroxylamine groups is 1. The number of benzene rings is 1. The van der Waals surface area contributed by atoms with Crippen molar-refractivity contribution in [1.29, 1.82) is 0 Å². The van der Waals surface area contributed by atoms with E-state index in [9.17, 15) is 24.0 Å². The van der Waals surface area contributed by atoms with E-state index in [0.717, 1.165) is 10.6 Å². The molecule has 0 saturated carbocycles. The van der Waals surface area contributed by atoms with Crippen molar-refractivity contribution in [3.63, 3.8) is 0 Å². The van der Waals surface area contributed by atoms with E-state index in [-0.39, 0.29) is 49.5 Å². The van der Waals surface area contributed by atoms with E-state index >= 15 is 0 Å². The number of rotatable bonds is 12. The Kier molecular flexibility index (Phi) is 9.29. The molecule has 1 aromatic heterocycles. The molecule has 1 saturated heterocycles. The van der Waals surface area contributed by atoms with Crippen molar-refractivity contribution in [1.82, 2.24) is 30.7 Å². The van der Waals surface area contributed by atoms with Gasteiger partial charge in [0, 0.05) is 12.8 Å². The number of nitrogens with one attached hydrogen (secondary N) is 2. The van der Waals surface area contributed by atoms with Crippen molar-refractivity contribution >= 4 is 29.7 Å². The maximum absolute atomic E-state index is 13.2. The van der Waals surface area contributed by atoms with E-state index in [2.05, 4.69) is 21.1 Å². The van der Waals surface area contributed by atoms with E-state index in [0.29, 0.717) is 19.6 Å². The highest BCUT2D eigenvalue weighted by Crippen LogP contribution is 2.33. The molecule has 41 heavy (non-hydrogen) atoms. The molecular formula is C26H32N6O9. The van der Waals surface area contributed by atoms with E-state index in [4.69, 9.17) is 19.0 Å². The van der Waals surface area contributed by atoms with E-state index < -0.39 is 41.4 Å². The van der Waals surface area contributed by atoms with Crippen LogP contribution < -0.4 is 15.5 Å². The van der Waals surface area contributed by atoms with Gasteiger partial charge in [0.15, 0.2) is 0 Å². The summed E-state index contributed by atoms with van der Waals surface area (Å²) >= 11 is 0. The predicted octanol–water partition coefficient (Wildman–Crippen LogP) is 0.774. The molecule has 0 aliphatic carbocycles. The first-order valence-electron chi connectivity index (χ1n) is 13.1. The van der Waals surface area contributed by atoms with Gasteiger partial charge < -0.3 is 14.2 Å². The predicted molar refractivity (Wildman–Crippen MR) is 138 cm³/mol. The number of carbonyl (C=O) groups excluding carboxylic acids is 5. The van der Waals surface area contributed by atoms with Crippen LogP contribution in [0.2, 0.25) is 0 Å². The Morgan fingerprint density at radius 1 is 1.10 bits per heavy atom. The number of piperidine rings is 1. The molecule has 0 radical (unpaired) electrons. The zero-order chi connectivity index (χ0) is 29.6. The number of nitrogens with zero attached hydrogens (tertiary/aromatic N) is 4. The van der Waals surface area contributed by atoms with Gasteiger partial charge in [-0.3, -0.25) is 34.2 Å². The summed E-state index contributed by atoms with van der Waals surface area (Å²) in [6.07, 6.45) is 1.42. The summed E-state index contributed by atoms with van der Waals surface area (Å²) in [5.74, 6) is -2.12. The van der Waals surface area contributed by atoms with Crippen LogP contribution in [0.25, 0.3) is 0 Å². The van der Waals surface area contributed by atoms with Crippen LogP contribution in [0.4, 0.5) is 4.79 Å². The molecule has 220 valence electrons. The molecule has 0 spiro atoms. The number of fused-ring (bicyclic) bond motifs is 1. The Hall–Kier alpha value is -4.37. The van der Waals surface area contributed by atoms with Crippen LogP contribution >= 0.6 is 0 Å². The summed E-state index contributed by atoms with van der Waals surface area (Å²) in [6.45, 7) is 6.47. The van der Waals surface area contributed by atoms with Crippen LogP contribution in [0.3, 0.4) is 0 Å². The maximum atomic E-state index is 13.2. The first kappa shape index (κ1) is 29.6. The summed E-state index contributed by atoms with van der Waals surface area (Å²) < 4.78 is 18.1. The lowest BCUT2D eigenvalue weighted by Crippen LogP contribution is -2.54. The van der Waals surface area contributed by atoms with Crippen molar-refractivity contribution in [2.45, 2.75) is 58.2 Å². The Labute approximate surface area is 235 Å². The molecular weight excluding hydrogens is 540 g/mol. The van der Waals surface area contributed by atoms with E-state index in [1.807, 2.05) is 0 Å². The molecule has 2 N–H and O–H groups in total. The monoisotopic (exact) mass is 572 g/mol. The topological polar surface area (TPSA) is 180 Å². The first-order valence-corrected chi connectivity index (χ1v) is 13.1. The van der Waals surface area contributed by atoms with Gasteiger partial charge in [0.2, 0.25) is 11.8 Å². The molecule has 2 aliphatic rings. The molecule has 15 nitrogen and oxygen atoms in total. The largest absolute Gasteiger partial charge is 0.492 e. The molecule has 1 fully saturated rings. The molecule has 2 aromatic rings. The summed E-state index contributed by atoms with van der Waals surface area (Å²) in [4.78, 5) is 67.4. The van der Waals surface area contributed by atoms with Gasteiger partial charge in [0.05, 0.1) is 56.0 Å². The molecule has 1 aromatic carbocycles. The minimum absolute atomic E-state index is 0.0407. The Balaban J connectivity index is 1.23. The lowest BCUT2D eigenvalue weighted by atomic mass is 10.0. The molecule has 1 unspecified atom stereocenters. The van der Waals surface area contributed by atoms with Gasteiger partial charge >= 0.3 is 6.09 Å². The first-order chi connectivity index (χ1) is 19.5. The van der Waals surface area contributed by atoms with Crippen molar-refractivity contribution in [2.24, 2.45) is 0 Å². The highest BCUT2D eigenvalue weighted by molar-refractivity contribution is 6.24. The van der Waals surface area contributed by atoms with Crippen molar-refractivity contribution in [3.05, 3.63) is 41.2 Å². The van der Waals surface area contributed by atoms with Gasteiger partial charge in [0.25, 0.3) is 11.8 Å². The minimum atomic E-state index is -1.05. The Morgan fingerprint density at radius 3 is 2.66 bits per heavy atom. The number of aromatic nitrogens is 3. The number of amides is 5. The van der Waals surface area contributed by atoms with Crippen LogP contribution in [0.5, 0.6) is 5.75 Å². The highest BCUT2D eigenvalue weighted by atomic mass is 16.7.